The first-order valence-corrected chi connectivity index (χ1v) is 5.80. The van der Waals surface area contributed by atoms with Gasteiger partial charge >= 0.3 is 5.97 Å². The van der Waals surface area contributed by atoms with Crippen LogP contribution in [0.25, 0.3) is 0 Å². The first-order chi connectivity index (χ1) is 7.11. The minimum atomic E-state index is -0.188. The normalized spacial score (nSPS) is 31.3. The van der Waals surface area contributed by atoms with E-state index in [1.54, 1.807) is 0 Å². The third-order valence-corrected chi connectivity index (χ3v) is 3.02. The molecule has 2 unspecified atom stereocenters. The van der Waals surface area contributed by atoms with E-state index in [0.717, 1.165) is 24.7 Å². The first kappa shape index (κ1) is 12.5. The van der Waals surface area contributed by atoms with Gasteiger partial charge in [0.05, 0.1) is 26.2 Å². The van der Waals surface area contributed by atoms with Crippen LogP contribution in [-0.4, -0.2) is 25.8 Å². The second-order valence-electron chi connectivity index (χ2n) is 4.74. The average molecular weight is 214 g/mol. The molecule has 1 aliphatic carbocycles. The zero-order chi connectivity index (χ0) is 11.3. The van der Waals surface area contributed by atoms with Crippen LogP contribution >= 0.6 is 0 Å². The smallest absolute Gasteiger partial charge is 0.307 e. The van der Waals surface area contributed by atoms with Gasteiger partial charge in [-0.1, -0.05) is 13.8 Å². The van der Waals surface area contributed by atoms with Crippen LogP contribution in [0.1, 0.15) is 39.5 Å². The predicted octanol–water partition coefficient (Wildman–Crippen LogP) is 2.39. The van der Waals surface area contributed by atoms with Gasteiger partial charge in [-0.25, -0.2) is 0 Å². The number of hydrogen-bond acceptors (Lipinski definition) is 3. The largest absolute Gasteiger partial charge is 0.469 e. The zero-order valence-corrected chi connectivity index (χ0v) is 9.99. The van der Waals surface area contributed by atoms with Gasteiger partial charge in [0.25, 0.3) is 0 Å². The van der Waals surface area contributed by atoms with E-state index in [1.807, 2.05) is 0 Å². The summed E-state index contributed by atoms with van der Waals surface area (Å²) in [6.45, 7) is 5.04. The number of esters is 1. The molecule has 0 aliphatic heterocycles. The van der Waals surface area contributed by atoms with Crippen molar-refractivity contribution in [3.05, 3.63) is 0 Å². The van der Waals surface area contributed by atoms with Crippen LogP contribution in [0.3, 0.4) is 0 Å². The van der Waals surface area contributed by atoms with Gasteiger partial charge in [-0.15, -0.1) is 0 Å². The highest BCUT2D eigenvalue weighted by Gasteiger charge is 2.24. The lowest BCUT2D eigenvalue weighted by atomic mass is 9.82. The monoisotopic (exact) mass is 214 g/mol. The number of ether oxygens (including phenoxy) is 2. The molecule has 0 saturated heterocycles. The van der Waals surface area contributed by atoms with Crippen LogP contribution in [0.5, 0.6) is 0 Å². The molecule has 1 rings (SSSR count). The third kappa shape index (κ3) is 4.65. The van der Waals surface area contributed by atoms with E-state index in [-0.39, 0.29) is 5.97 Å². The van der Waals surface area contributed by atoms with Crippen LogP contribution in [0.4, 0.5) is 0 Å². The molecule has 0 amide bonds. The Morgan fingerprint density at radius 2 is 1.80 bits per heavy atom. The fourth-order valence-electron chi connectivity index (χ4n) is 2.42. The lowest BCUT2D eigenvalue weighted by Gasteiger charge is -2.31. The summed E-state index contributed by atoms with van der Waals surface area (Å²) in [4.78, 5) is 10.9. The highest BCUT2D eigenvalue weighted by atomic mass is 16.5. The Hall–Kier alpha value is -0.570. The van der Waals surface area contributed by atoms with Gasteiger partial charge in [0.15, 0.2) is 0 Å². The van der Waals surface area contributed by atoms with E-state index in [9.17, 15) is 4.79 Å². The number of carbonyl (C=O) groups is 1. The van der Waals surface area contributed by atoms with Crippen molar-refractivity contribution in [3.63, 3.8) is 0 Å². The molecule has 0 aromatic rings. The molecule has 1 saturated carbocycles. The Labute approximate surface area is 92.1 Å². The average Bonchev–Trinajstić information content (AvgIpc) is 2.16. The van der Waals surface area contributed by atoms with Gasteiger partial charge in [-0.3, -0.25) is 4.79 Å². The summed E-state index contributed by atoms with van der Waals surface area (Å²) in [5.74, 6) is 1.31. The second kappa shape index (κ2) is 6.11. The maximum absolute atomic E-state index is 10.9. The molecule has 0 spiro atoms. The standard InChI is InChI=1S/C12H22O3/c1-9-6-10(2)8-11(7-9)15-5-4-12(13)14-3/h9-11H,4-8H2,1-3H3. The molecule has 1 fully saturated rings. The van der Waals surface area contributed by atoms with Crippen molar-refractivity contribution in [2.75, 3.05) is 13.7 Å². The van der Waals surface area contributed by atoms with Crippen molar-refractivity contribution >= 4 is 5.97 Å². The lowest BCUT2D eigenvalue weighted by Crippen LogP contribution is -2.27. The zero-order valence-electron chi connectivity index (χ0n) is 9.99. The molecule has 3 nitrogen and oxygen atoms in total. The van der Waals surface area contributed by atoms with Gasteiger partial charge in [0, 0.05) is 0 Å². The Kier molecular flexibility index (Phi) is 5.09. The Bertz CT molecular complexity index is 193. The summed E-state index contributed by atoms with van der Waals surface area (Å²) >= 11 is 0. The highest BCUT2D eigenvalue weighted by Crippen LogP contribution is 2.30. The number of rotatable bonds is 4. The van der Waals surface area contributed by atoms with Gasteiger partial charge in [0.2, 0.25) is 0 Å². The van der Waals surface area contributed by atoms with Gasteiger partial charge < -0.3 is 9.47 Å². The minimum absolute atomic E-state index is 0.188. The maximum Gasteiger partial charge on any atom is 0.307 e. The fraction of sp³-hybridized carbons (Fsp3) is 0.917. The summed E-state index contributed by atoms with van der Waals surface area (Å²) in [6.07, 6.45) is 4.28. The lowest BCUT2D eigenvalue weighted by molar-refractivity contribution is -0.142. The third-order valence-electron chi connectivity index (χ3n) is 3.02. The van der Waals surface area contributed by atoms with Crippen LogP contribution in [0.15, 0.2) is 0 Å². The Balaban J connectivity index is 2.17. The van der Waals surface area contributed by atoms with Gasteiger partial charge in [-0.05, 0) is 31.1 Å². The van der Waals surface area contributed by atoms with E-state index >= 15 is 0 Å². The summed E-state index contributed by atoms with van der Waals surface area (Å²) in [7, 11) is 1.41. The van der Waals surface area contributed by atoms with Crippen molar-refractivity contribution in [2.24, 2.45) is 11.8 Å². The molecule has 0 aromatic heterocycles. The van der Waals surface area contributed by atoms with E-state index in [1.165, 1.54) is 13.5 Å². The molecule has 0 radical (unpaired) electrons. The maximum atomic E-state index is 10.9. The summed E-state index contributed by atoms with van der Waals surface area (Å²) < 4.78 is 10.3. The second-order valence-corrected chi connectivity index (χ2v) is 4.74. The number of hydrogen-bond donors (Lipinski definition) is 0. The first-order valence-electron chi connectivity index (χ1n) is 5.80. The summed E-state index contributed by atoms with van der Waals surface area (Å²) in [5.41, 5.74) is 0. The topological polar surface area (TPSA) is 35.5 Å². The fourth-order valence-corrected chi connectivity index (χ4v) is 2.42. The molecule has 1 aliphatic rings. The molecule has 0 aromatic carbocycles. The van der Waals surface area contributed by atoms with Crippen LogP contribution < -0.4 is 0 Å². The van der Waals surface area contributed by atoms with Crippen molar-refractivity contribution < 1.29 is 14.3 Å². The van der Waals surface area contributed by atoms with E-state index < -0.39 is 0 Å². The molecule has 0 heterocycles. The van der Waals surface area contributed by atoms with Crippen molar-refractivity contribution in [1.82, 2.24) is 0 Å². The molecule has 0 N–H and O–H groups in total. The van der Waals surface area contributed by atoms with Crippen LogP contribution in [-0.2, 0) is 14.3 Å². The quantitative estimate of drug-likeness (QED) is 0.674. The molecule has 0 bridgehead atoms. The van der Waals surface area contributed by atoms with Crippen molar-refractivity contribution in [3.8, 4) is 0 Å². The summed E-state index contributed by atoms with van der Waals surface area (Å²) in [5, 5.41) is 0. The molecule has 2 atom stereocenters. The predicted molar refractivity (Wildman–Crippen MR) is 58.6 cm³/mol. The molecule has 88 valence electrons. The minimum Gasteiger partial charge on any atom is -0.469 e. The highest BCUT2D eigenvalue weighted by molar-refractivity contribution is 5.69. The van der Waals surface area contributed by atoms with Gasteiger partial charge in [-0.2, -0.15) is 0 Å². The molecular weight excluding hydrogens is 192 g/mol. The molecular formula is C12H22O3. The van der Waals surface area contributed by atoms with Crippen molar-refractivity contribution in [2.45, 2.75) is 45.6 Å². The van der Waals surface area contributed by atoms with E-state index in [4.69, 9.17) is 4.74 Å². The van der Waals surface area contributed by atoms with Gasteiger partial charge in [0.1, 0.15) is 0 Å². The van der Waals surface area contributed by atoms with Crippen LogP contribution in [0.2, 0.25) is 0 Å². The summed E-state index contributed by atoms with van der Waals surface area (Å²) in [6, 6.07) is 0. The Morgan fingerprint density at radius 1 is 1.20 bits per heavy atom. The van der Waals surface area contributed by atoms with E-state index in [0.29, 0.717) is 19.1 Å². The molecule has 3 heteroatoms. The van der Waals surface area contributed by atoms with E-state index in [2.05, 4.69) is 18.6 Å². The molecule has 15 heavy (non-hydrogen) atoms. The van der Waals surface area contributed by atoms with Crippen molar-refractivity contribution in [1.29, 1.82) is 0 Å². The number of methoxy groups -OCH3 is 1. The van der Waals surface area contributed by atoms with Crippen LogP contribution in [0, 0.1) is 11.8 Å². The number of carbonyl (C=O) groups excluding carboxylic acids is 1. The SMILES string of the molecule is COC(=O)CCOC1CC(C)CC(C)C1. The Morgan fingerprint density at radius 3 is 2.33 bits per heavy atom.